The van der Waals surface area contributed by atoms with Gasteiger partial charge in [-0.1, -0.05) is 48.5 Å². The van der Waals surface area contributed by atoms with E-state index in [4.69, 9.17) is 0 Å². The predicted molar refractivity (Wildman–Crippen MR) is 103 cm³/mol. The Labute approximate surface area is 158 Å². The average Bonchev–Trinajstić information content (AvgIpc) is 2.67. The van der Waals surface area contributed by atoms with Crippen LogP contribution in [0, 0.1) is 41.7 Å². The maximum Gasteiger partial charge on any atom is 0.124 e. The Balaban J connectivity index is 2.54. The predicted octanol–water partition coefficient (Wildman–Crippen LogP) is 3.97. The molecule has 5 rings (SSSR count). The van der Waals surface area contributed by atoms with Crippen molar-refractivity contribution in [3.63, 3.8) is 0 Å². The van der Waals surface area contributed by atoms with E-state index in [2.05, 4.69) is 0 Å². The summed E-state index contributed by atoms with van der Waals surface area (Å²) in [5.41, 5.74) is 0. The minimum absolute atomic E-state index is 0.0261. The molecule has 1 aliphatic carbocycles. The monoisotopic (exact) mass is 368 g/mol. The summed E-state index contributed by atoms with van der Waals surface area (Å²) in [5.74, 6) is 0.104. The number of phenolic OH excluding ortho intramolecular Hbond substituents is 4. The van der Waals surface area contributed by atoms with Gasteiger partial charge in [-0.3, -0.25) is 0 Å². The highest BCUT2D eigenvalue weighted by Crippen LogP contribution is 2.27. The van der Waals surface area contributed by atoms with Crippen LogP contribution in [0.4, 0.5) is 0 Å². The molecule has 28 heavy (non-hydrogen) atoms. The largest absolute Gasteiger partial charge is 0.507 e. The Morgan fingerprint density at radius 1 is 0.321 bits per heavy atom. The molecule has 4 N–H and O–H groups in total. The van der Waals surface area contributed by atoms with E-state index >= 15 is 0 Å². The lowest BCUT2D eigenvalue weighted by Gasteiger charge is -2.07. The highest BCUT2D eigenvalue weighted by molar-refractivity contribution is 5.42. The van der Waals surface area contributed by atoms with Crippen LogP contribution in [0.15, 0.2) is 72.8 Å². The van der Waals surface area contributed by atoms with E-state index in [9.17, 15) is 20.4 Å². The Hall–Kier alpha value is -3.92. The molecule has 0 heterocycles. The van der Waals surface area contributed by atoms with Gasteiger partial charge in [0.1, 0.15) is 23.0 Å². The molecule has 0 aliphatic heterocycles. The Morgan fingerprint density at radius 2 is 0.536 bits per heavy atom. The number of phenols is 4. The fourth-order valence-corrected chi connectivity index (χ4v) is 4.11. The number of aromatic hydroxyl groups is 4. The molecular weight excluding hydrogens is 352 g/mol. The molecule has 0 amide bonds. The standard InChI is InChI=1S/C24H16O4/c25-17-9-1-5-13-14-6-2-10-18(26)22(14)24-16(8-4-12-20(24)28)15-7-3-11-19(27)23(15)21(13)17/h1-12,25-28H/b14-13-,16-15-,23-21-,24-22-. The first kappa shape index (κ1) is 16.3. The van der Waals surface area contributed by atoms with Crippen molar-refractivity contribution in [2.45, 2.75) is 0 Å². The number of benzene rings is 4. The maximum absolute atomic E-state index is 10.7. The molecular formula is C24H16O4. The highest BCUT2D eigenvalue weighted by Gasteiger charge is 2.09. The second-order valence-corrected chi connectivity index (χ2v) is 6.80. The van der Waals surface area contributed by atoms with Gasteiger partial charge in [0.25, 0.3) is 0 Å². The van der Waals surface area contributed by atoms with Crippen molar-refractivity contribution in [2.75, 3.05) is 0 Å². The fraction of sp³-hybridized carbons (Fsp3) is 0. The molecule has 0 unspecified atom stereocenters. The zero-order valence-corrected chi connectivity index (χ0v) is 14.7. The van der Waals surface area contributed by atoms with Crippen molar-refractivity contribution >= 4 is 0 Å². The van der Waals surface area contributed by atoms with E-state index in [1.807, 2.05) is 24.3 Å². The van der Waals surface area contributed by atoms with Crippen molar-refractivity contribution < 1.29 is 20.4 Å². The lowest BCUT2D eigenvalue weighted by molar-refractivity contribution is 0.459. The van der Waals surface area contributed by atoms with Gasteiger partial charge in [0, 0.05) is 20.9 Å². The topological polar surface area (TPSA) is 80.9 Å². The van der Waals surface area contributed by atoms with Crippen LogP contribution < -0.4 is 0 Å². The summed E-state index contributed by atoms with van der Waals surface area (Å²) in [6.07, 6.45) is 0. The molecule has 0 spiro atoms. The van der Waals surface area contributed by atoms with Gasteiger partial charge >= 0.3 is 0 Å². The first-order chi connectivity index (χ1) is 13.6. The molecule has 0 bridgehead atoms. The van der Waals surface area contributed by atoms with E-state index < -0.39 is 0 Å². The van der Waals surface area contributed by atoms with Gasteiger partial charge in [0.2, 0.25) is 0 Å². The molecule has 136 valence electrons. The minimum Gasteiger partial charge on any atom is -0.507 e. The SMILES string of the molecule is Oc1cccc2/c1=c1/c(O)ccc/c1=c1\cccc(O)\c1=c1/c(O)ccc/c1=2. The molecule has 1 aliphatic rings. The van der Waals surface area contributed by atoms with E-state index in [1.54, 1.807) is 48.5 Å². The van der Waals surface area contributed by atoms with Crippen LogP contribution in [0.3, 0.4) is 0 Å². The number of hydrogen-bond acceptors (Lipinski definition) is 4. The summed E-state index contributed by atoms with van der Waals surface area (Å²) in [7, 11) is 0. The summed E-state index contributed by atoms with van der Waals surface area (Å²) < 4.78 is 0. The third kappa shape index (κ3) is 2.12. The van der Waals surface area contributed by atoms with Crippen molar-refractivity contribution in [1.29, 1.82) is 0 Å². The van der Waals surface area contributed by atoms with Crippen molar-refractivity contribution in [2.24, 2.45) is 0 Å². The molecule has 0 aromatic heterocycles. The van der Waals surface area contributed by atoms with E-state index in [-0.39, 0.29) is 23.0 Å². The number of rotatable bonds is 0. The van der Waals surface area contributed by atoms with Crippen LogP contribution in [0.25, 0.3) is 0 Å². The fourth-order valence-electron chi connectivity index (χ4n) is 4.11. The highest BCUT2D eigenvalue weighted by atomic mass is 16.3. The summed E-state index contributed by atoms with van der Waals surface area (Å²) in [4.78, 5) is 0. The molecule has 0 saturated heterocycles. The van der Waals surface area contributed by atoms with Crippen molar-refractivity contribution in [3.8, 4) is 23.0 Å². The third-order valence-corrected chi connectivity index (χ3v) is 5.25. The first-order valence-electron chi connectivity index (χ1n) is 8.87. The Kier molecular flexibility index (Phi) is 3.36. The van der Waals surface area contributed by atoms with Crippen molar-refractivity contribution in [1.82, 2.24) is 0 Å². The second-order valence-electron chi connectivity index (χ2n) is 6.80. The van der Waals surface area contributed by atoms with Gasteiger partial charge in [0.05, 0.1) is 0 Å². The Bertz CT molecular complexity index is 1410. The molecule has 4 nitrogen and oxygen atoms in total. The lowest BCUT2D eigenvalue weighted by atomic mass is 10.0. The van der Waals surface area contributed by atoms with Crippen LogP contribution in [-0.2, 0) is 0 Å². The maximum atomic E-state index is 10.7. The molecule has 0 radical (unpaired) electrons. The first-order valence-corrected chi connectivity index (χ1v) is 8.87. The Morgan fingerprint density at radius 3 is 0.750 bits per heavy atom. The third-order valence-electron chi connectivity index (χ3n) is 5.25. The van der Waals surface area contributed by atoms with E-state index in [0.717, 1.165) is 0 Å². The van der Waals surface area contributed by atoms with Gasteiger partial charge in [-0.25, -0.2) is 0 Å². The van der Waals surface area contributed by atoms with Gasteiger partial charge < -0.3 is 20.4 Å². The summed E-state index contributed by atoms with van der Waals surface area (Å²) >= 11 is 0. The van der Waals surface area contributed by atoms with Crippen LogP contribution in [0.1, 0.15) is 0 Å². The number of fused-ring (bicyclic) bond motifs is 4. The molecule has 4 aromatic carbocycles. The average molecular weight is 368 g/mol. The van der Waals surface area contributed by atoms with Crippen molar-refractivity contribution in [3.05, 3.63) is 115 Å². The minimum atomic E-state index is 0.0261. The molecule has 0 saturated carbocycles. The van der Waals surface area contributed by atoms with Gasteiger partial charge in [-0.2, -0.15) is 0 Å². The van der Waals surface area contributed by atoms with Crippen LogP contribution in [-0.4, -0.2) is 20.4 Å². The normalized spacial score (nSPS) is 16.6. The second kappa shape index (κ2) is 5.79. The summed E-state index contributed by atoms with van der Waals surface area (Å²) in [6.45, 7) is 0. The zero-order chi connectivity index (χ0) is 19.4. The number of hydrogen-bond donors (Lipinski definition) is 4. The molecule has 4 heteroatoms. The summed E-state index contributed by atoms with van der Waals surface area (Å²) in [6, 6.07) is 20.5. The summed E-state index contributed by atoms with van der Waals surface area (Å²) in [5, 5.41) is 47.4. The van der Waals surface area contributed by atoms with E-state index in [0.29, 0.717) is 41.7 Å². The quantitative estimate of drug-likeness (QED) is 0.333. The van der Waals surface area contributed by atoms with Gasteiger partial charge in [0.15, 0.2) is 0 Å². The van der Waals surface area contributed by atoms with Crippen LogP contribution in [0.5, 0.6) is 23.0 Å². The van der Waals surface area contributed by atoms with Crippen LogP contribution >= 0.6 is 0 Å². The zero-order valence-electron chi connectivity index (χ0n) is 14.7. The molecule has 0 atom stereocenters. The van der Waals surface area contributed by atoms with Gasteiger partial charge in [-0.15, -0.1) is 0 Å². The molecule has 4 aromatic rings. The smallest absolute Gasteiger partial charge is 0.124 e. The lowest BCUT2D eigenvalue weighted by Crippen LogP contribution is -1.91. The van der Waals surface area contributed by atoms with Gasteiger partial charge in [-0.05, 0) is 45.1 Å². The molecule has 0 fully saturated rings. The van der Waals surface area contributed by atoms with Crippen LogP contribution in [0.2, 0.25) is 0 Å². The van der Waals surface area contributed by atoms with E-state index in [1.165, 1.54) is 0 Å².